The number of thiol groups is 1. The Bertz CT molecular complexity index is 1120. The van der Waals surface area contributed by atoms with E-state index in [0.29, 0.717) is 11.3 Å². The maximum Gasteiger partial charge on any atom is 0.337 e. The summed E-state index contributed by atoms with van der Waals surface area (Å²) in [4.78, 5) is 40.1. The molecule has 0 saturated carbocycles. The van der Waals surface area contributed by atoms with Crippen LogP contribution in [0.4, 0.5) is 5.69 Å². The zero-order chi connectivity index (χ0) is 24.3. The molecule has 2 amide bonds. The number of nitrogens with zero attached hydrogens (tertiary/aromatic N) is 3. The molecule has 9 nitrogen and oxygen atoms in total. The lowest BCUT2D eigenvalue weighted by molar-refractivity contribution is -0.136. The molecule has 1 saturated heterocycles. The van der Waals surface area contributed by atoms with E-state index in [0.717, 1.165) is 11.3 Å². The molecule has 1 aliphatic heterocycles. The minimum absolute atomic E-state index is 0.119. The van der Waals surface area contributed by atoms with Crippen molar-refractivity contribution in [2.75, 3.05) is 39.2 Å². The highest BCUT2D eigenvalue weighted by Gasteiger charge is 2.44. The summed E-state index contributed by atoms with van der Waals surface area (Å²) in [6, 6.07) is 8.49. The molecule has 33 heavy (non-hydrogen) atoms. The number of esters is 1. The molecule has 1 aromatic heterocycles. The van der Waals surface area contributed by atoms with Gasteiger partial charge in [-0.1, -0.05) is 6.07 Å². The molecule has 1 fully saturated rings. The average Bonchev–Trinajstić information content (AvgIpc) is 3.48. The number of thiophene rings is 1. The van der Waals surface area contributed by atoms with Gasteiger partial charge in [0, 0.05) is 31.6 Å². The first-order valence-corrected chi connectivity index (χ1v) is 12.8. The molecule has 0 radical (unpaired) electrons. The number of likely N-dealkylation sites (N-methyl/N-ethyl adjacent to an activating group) is 2. The van der Waals surface area contributed by atoms with Crippen LogP contribution < -0.4 is 4.90 Å². The quantitative estimate of drug-likeness (QED) is 0.448. The van der Waals surface area contributed by atoms with Crippen molar-refractivity contribution < 1.29 is 27.5 Å². The van der Waals surface area contributed by atoms with E-state index in [1.165, 1.54) is 34.3 Å². The number of carbonyl (C=O) groups excluding carboxylic acids is 3. The van der Waals surface area contributed by atoms with Crippen LogP contribution in [-0.4, -0.2) is 81.0 Å². The molecule has 3 rings (SSSR count). The predicted octanol–water partition coefficient (Wildman–Crippen LogP) is 1.72. The number of benzene rings is 1. The van der Waals surface area contributed by atoms with Crippen LogP contribution in [0.25, 0.3) is 0 Å². The van der Waals surface area contributed by atoms with Gasteiger partial charge in [0.15, 0.2) is 0 Å². The van der Waals surface area contributed by atoms with Gasteiger partial charge < -0.3 is 14.5 Å². The van der Waals surface area contributed by atoms with Crippen LogP contribution in [0.1, 0.15) is 16.8 Å². The Hall–Kier alpha value is -2.41. The summed E-state index contributed by atoms with van der Waals surface area (Å²) in [6.07, 6.45) is 0.260. The highest BCUT2D eigenvalue weighted by atomic mass is 32.2. The van der Waals surface area contributed by atoms with Gasteiger partial charge in [-0.05, 0) is 42.1 Å². The van der Waals surface area contributed by atoms with Gasteiger partial charge in [0.1, 0.15) is 10.3 Å². The lowest BCUT2D eigenvalue weighted by Crippen LogP contribution is -2.49. The second-order valence-corrected chi connectivity index (χ2v) is 11.4. The van der Waals surface area contributed by atoms with E-state index in [9.17, 15) is 22.8 Å². The molecule has 0 spiro atoms. The van der Waals surface area contributed by atoms with E-state index < -0.39 is 27.9 Å². The largest absolute Gasteiger partial charge is 0.465 e. The van der Waals surface area contributed by atoms with Crippen molar-refractivity contribution >= 4 is 57.5 Å². The topological polar surface area (TPSA) is 104 Å². The molecule has 0 aliphatic carbocycles. The standard InChI is InChI=1S/C21H25N3O6S3/c1-22(13-18(25)23(2)15-8-6-14(7-9-15)21(27)30-3)20(26)17-11-16(31)12-24(17)33(28,29)19-5-4-10-32-19/h4-10,16-17,31H,11-13H2,1-3H3. The molecular formula is C21H25N3O6S3. The highest BCUT2D eigenvalue weighted by molar-refractivity contribution is 7.91. The number of hydrogen-bond acceptors (Lipinski definition) is 8. The number of anilines is 1. The van der Waals surface area contributed by atoms with Crippen LogP contribution in [0.2, 0.25) is 0 Å². The van der Waals surface area contributed by atoms with E-state index in [-0.39, 0.29) is 34.9 Å². The Kier molecular flexibility index (Phi) is 7.83. The van der Waals surface area contributed by atoms with E-state index in [1.807, 2.05) is 0 Å². The maximum atomic E-state index is 13.1. The van der Waals surface area contributed by atoms with Gasteiger partial charge in [0.2, 0.25) is 11.8 Å². The maximum absolute atomic E-state index is 13.1. The molecule has 2 heterocycles. The minimum atomic E-state index is -3.83. The number of sulfonamides is 1. The number of hydrogen-bond donors (Lipinski definition) is 1. The molecule has 2 atom stereocenters. The van der Waals surface area contributed by atoms with Crippen molar-refractivity contribution in [2.24, 2.45) is 0 Å². The summed E-state index contributed by atoms with van der Waals surface area (Å²) in [7, 11) is 0.473. The van der Waals surface area contributed by atoms with E-state index in [4.69, 9.17) is 0 Å². The monoisotopic (exact) mass is 511 g/mol. The number of rotatable bonds is 7. The third kappa shape index (κ3) is 5.40. The number of methoxy groups -OCH3 is 1. The highest BCUT2D eigenvalue weighted by Crippen LogP contribution is 2.31. The summed E-state index contributed by atoms with van der Waals surface area (Å²) in [5, 5.41) is 1.38. The second-order valence-electron chi connectivity index (χ2n) is 7.60. The van der Waals surface area contributed by atoms with Gasteiger partial charge >= 0.3 is 5.97 Å². The van der Waals surface area contributed by atoms with Crippen molar-refractivity contribution in [3.8, 4) is 0 Å². The minimum Gasteiger partial charge on any atom is -0.465 e. The number of ether oxygens (including phenoxy) is 1. The summed E-state index contributed by atoms with van der Waals surface area (Å²) in [5.41, 5.74) is 0.885. The third-order valence-corrected chi connectivity index (χ3v) is 9.00. The lowest BCUT2D eigenvalue weighted by Gasteiger charge is -2.28. The van der Waals surface area contributed by atoms with E-state index in [2.05, 4.69) is 17.4 Å². The molecule has 0 N–H and O–H groups in total. The normalized spacial score (nSPS) is 18.7. The molecule has 2 aromatic rings. The van der Waals surface area contributed by atoms with Gasteiger partial charge in [-0.3, -0.25) is 9.59 Å². The van der Waals surface area contributed by atoms with Crippen molar-refractivity contribution in [2.45, 2.75) is 21.9 Å². The van der Waals surface area contributed by atoms with Gasteiger partial charge in [0.25, 0.3) is 10.0 Å². The molecular weight excluding hydrogens is 486 g/mol. The Balaban J connectivity index is 1.70. The first kappa shape index (κ1) is 25.2. The van der Waals surface area contributed by atoms with Crippen molar-refractivity contribution in [1.29, 1.82) is 0 Å². The molecule has 0 bridgehead atoms. The fraction of sp³-hybridized carbons (Fsp3) is 0.381. The van der Waals surface area contributed by atoms with Gasteiger partial charge in [-0.25, -0.2) is 13.2 Å². The van der Waals surface area contributed by atoms with Crippen molar-refractivity contribution in [3.05, 3.63) is 47.3 Å². The zero-order valence-corrected chi connectivity index (χ0v) is 20.9. The second kappa shape index (κ2) is 10.2. The van der Waals surface area contributed by atoms with E-state index >= 15 is 0 Å². The summed E-state index contributed by atoms with van der Waals surface area (Å²) >= 11 is 5.49. The van der Waals surface area contributed by atoms with Crippen LogP contribution in [0.15, 0.2) is 46.0 Å². The van der Waals surface area contributed by atoms with Crippen LogP contribution in [0.3, 0.4) is 0 Å². The lowest BCUT2D eigenvalue weighted by atomic mass is 10.2. The summed E-state index contributed by atoms with van der Waals surface area (Å²) in [5.74, 6) is -1.32. The number of carbonyl (C=O) groups is 3. The van der Waals surface area contributed by atoms with Crippen LogP contribution >= 0.6 is 24.0 Å². The Morgan fingerprint density at radius 1 is 1.18 bits per heavy atom. The Morgan fingerprint density at radius 3 is 2.42 bits per heavy atom. The fourth-order valence-corrected chi connectivity index (χ4v) is 6.77. The van der Waals surface area contributed by atoms with Crippen LogP contribution in [-0.2, 0) is 24.3 Å². The molecule has 1 aliphatic rings. The van der Waals surface area contributed by atoms with Crippen LogP contribution in [0.5, 0.6) is 0 Å². The summed E-state index contributed by atoms with van der Waals surface area (Å²) < 4.78 is 32.0. The zero-order valence-electron chi connectivity index (χ0n) is 18.4. The number of amides is 2. The van der Waals surface area contributed by atoms with Gasteiger partial charge in [0.05, 0.1) is 19.2 Å². The smallest absolute Gasteiger partial charge is 0.337 e. The Morgan fingerprint density at radius 2 is 1.85 bits per heavy atom. The summed E-state index contributed by atoms with van der Waals surface area (Å²) in [6.45, 7) is -0.122. The Labute approximate surface area is 202 Å². The SMILES string of the molecule is COC(=O)c1ccc(N(C)C(=O)CN(C)C(=O)C2CC(S)CN2S(=O)(=O)c2cccs2)cc1. The van der Waals surface area contributed by atoms with Crippen molar-refractivity contribution in [1.82, 2.24) is 9.21 Å². The molecule has 2 unspecified atom stereocenters. The van der Waals surface area contributed by atoms with Crippen molar-refractivity contribution in [3.63, 3.8) is 0 Å². The first-order chi connectivity index (χ1) is 15.6. The average molecular weight is 512 g/mol. The predicted molar refractivity (Wildman–Crippen MR) is 128 cm³/mol. The van der Waals surface area contributed by atoms with Crippen LogP contribution in [0, 0.1) is 0 Å². The van der Waals surface area contributed by atoms with E-state index in [1.54, 1.807) is 42.8 Å². The van der Waals surface area contributed by atoms with Gasteiger partial charge in [-0.2, -0.15) is 16.9 Å². The molecule has 1 aromatic carbocycles. The molecule has 178 valence electrons. The fourth-order valence-electron chi connectivity index (χ4n) is 3.52. The third-order valence-electron chi connectivity index (χ3n) is 5.38. The van der Waals surface area contributed by atoms with Gasteiger partial charge in [-0.15, -0.1) is 11.3 Å². The first-order valence-electron chi connectivity index (χ1n) is 9.99. The molecule has 12 heteroatoms.